The zero-order valence-corrected chi connectivity index (χ0v) is 17.6. The molecule has 3 aromatic carbocycles. The van der Waals surface area contributed by atoms with Crippen LogP contribution in [0.3, 0.4) is 0 Å². The normalized spacial score (nSPS) is 11.6. The molecule has 0 bridgehead atoms. The predicted molar refractivity (Wildman–Crippen MR) is 120 cm³/mol. The summed E-state index contributed by atoms with van der Waals surface area (Å²) in [6.45, 7) is 0. The molecular weight excluding hydrogens is 423 g/mol. The van der Waals surface area contributed by atoms with Gasteiger partial charge >= 0.3 is 0 Å². The highest BCUT2D eigenvalue weighted by Gasteiger charge is 2.09. The lowest BCUT2D eigenvalue weighted by Gasteiger charge is -2.12. The predicted octanol–water partition coefficient (Wildman–Crippen LogP) is 5.98. The van der Waals surface area contributed by atoms with Crippen molar-refractivity contribution in [2.45, 2.75) is 5.75 Å². The van der Waals surface area contributed by atoms with E-state index in [0.717, 1.165) is 33.3 Å². The van der Waals surface area contributed by atoms with E-state index in [0.29, 0.717) is 5.69 Å². The Kier molecular flexibility index (Phi) is 5.45. The van der Waals surface area contributed by atoms with Crippen molar-refractivity contribution < 1.29 is 12.8 Å². The first-order chi connectivity index (χ1) is 14.3. The lowest BCUT2D eigenvalue weighted by Crippen LogP contribution is -2.00. The van der Waals surface area contributed by atoms with E-state index in [2.05, 4.69) is 10.3 Å². The molecule has 0 atom stereocenters. The van der Waals surface area contributed by atoms with E-state index in [4.69, 9.17) is 11.6 Å². The molecule has 4 nitrogen and oxygen atoms in total. The van der Waals surface area contributed by atoms with Crippen molar-refractivity contribution in [2.75, 3.05) is 11.6 Å². The summed E-state index contributed by atoms with van der Waals surface area (Å²) in [4.78, 5) is 4.41. The second-order valence-corrected chi connectivity index (χ2v) is 9.66. The summed E-state index contributed by atoms with van der Waals surface area (Å²) in [5.74, 6) is -0.480. The molecule has 0 fully saturated rings. The average molecular weight is 441 g/mol. The molecule has 0 spiro atoms. The largest absolute Gasteiger partial charge is 0.355 e. The van der Waals surface area contributed by atoms with Gasteiger partial charge in [-0.15, -0.1) is 0 Å². The van der Waals surface area contributed by atoms with E-state index in [-0.39, 0.29) is 10.8 Å². The van der Waals surface area contributed by atoms with E-state index in [1.807, 2.05) is 42.5 Å². The number of hydrogen-bond acceptors (Lipinski definition) is 4. The van der Waals surface area contributed by atoms with Crippen molar-refractivity contribution in [3.05, 3.63) is 89.3 Å². The third-order valence-electron chi connectivity index (χ3n) is 4.63. The minimum absolute atomic E-state index is 0.00584. The Morgan fingerprint density at radius 3 is 2.57 bits per heavy atom. The molecule has 1 heterocycles. The lowest BCUT2D eigenvalue weighted by molar-refractivity contribution is 0.601. The Bertz CT molecular complexity index is 1360. The molecule has 0 aliphatic heterocycles. The molecular formula is C23H18ClFN2O2S. The fourth-order valence-electron chi connectivity index (χ4n) is 3.31. The van der Waals surface area contributed by atoms with Crippen molar-refractivity contribution in [1.29, 1.82) is 0 Å². The van der Waals surface area contributed by atoms with Crippen LogP contribution in [0.15, 0.2) is 72.9 Å². The zero-order valence-electron chi connectivity index (χ0n) is 16.1. The van der Waals surface area contributed by atoms with Crippen LogP contribution in [0.1, 0.15) is 5.56 Å². The summed E-state index contributed by atoms with van der Waals surface area (Å²) in [7, 11) is -3.12. The van der Waals surface area contributed by atoms with Crippen molar-refractivity contribution in [1.82, 2.24) is 4.98 Å². The third-order valence-corrected chi connectivity index (χ3v) is 5.78. The van der Waals surface area contributed by atoms with Gasteiger partial charge in [0.25, 0.3) is 0 Å². The fraction of sp³-hybridized carbons (Fsp3) is 0.0870. The standard InChI is InChI=1S/C23H18ClFN2O2S/c1-30(28,29)14-15-3-2-4-16(11-15)17-5-8-22-19(12-17)23(9-10-26-22)27-18-6-7-21(25)20(24)13-18/h2-13H,14H2,1H3,(H,26,27). The van der Waals surface area contributed by atoms with E-state index in [9.17, 15) is 12.8 Å². The van der Waals surface area contributed by atoms with E-state index in [1.165, 1.54) is 18.4 Å². The molecule has 30 heavy (non-hydrogen) atoms. The first-order valence-corrected chi connectivity index (χ1v) is 11.6. The smallest absolute Gasteiger partial charge is 0.151 e. The number of halogens is 2. The maximum absolute atomic E-state index is 13.5. The SMILES string of the molecule is CS(=O)(=O)Cc1cccc(-c2ccc3nccc(Nc4ccc(F)c(Cl)c4)c3c2)c1. The molecule has 0 radical (unpaired) electrons. The molecule has 0 saturated heterocycles. The summed E-state index contributed by atoms with van der Waals surface area (Å²) in [5, 5.41) is 4.19. The number of fused-ring (bicyclic) bond motifs is 1. The molecule has 0 amide bonds. The van der Waals surface area contributed by atoms with Gasteiger partial charge in [-0.3, -0.25) is 4.98 Å². The van der Waals surface area contributed by atoms with Crippen LogP contribution in [0.2, 0.25) is 5.02 Å². The van der Waals surface area contributed by atoms with Gasteiger partial charge in [0.2, 0.25) is 0 Å². The quantitative estimate of drug-likeness (QED) is 0.414. The molecule has 0 unspecified atom stereocenters. The monoisotopic (exact) mass is 440 g/mol. The molecule has 0 aliphatic carbocycles. The maximum Gasteiger partial charge on any atom is 0.151 e. The zero-order chi connectivity index (χ0) is 21.3. The topological polar surface area (TPSA) is 59.1 Å². The van der Waals surface area contributed by atoms with Crippen LogP contribution in [0.5, 0.6) is 0 Å². The summed E-state index contributed by atoms with van der Waals surface area (Å²) in [6, 6.07) is 19.6. The number of sulfone groups is 1. The molecule has 4 rings (SSSR count). The second kappa shape index (κ2) is 8.05. The molecule has 0 saturated carbocycles. The number of nitrogens with zero attached hydrogens (tertiary/aromatic N) is 1. The first-order valence-electron chi connectivity index (χ1n) is 9.16. The van der Waals surface area contributed by atoms with Gasteiger partial charge in [-0.2, -0.15) is 0 Å². The number of anilines is 2. The molecule has 1 N–H and O–H groups in total. The van der Waals surface area contributed by atoms with E-state index in [1.54, 1.807) is 18.3 Å². The van der Waals surface area contributed by atoms with Crippen LogP contribution < -0.4 is 5.32 Å². The fourth-order valence-corrected chi connectivity index (χ4v) is 4.27. The highest BCUT2D eigenvalue weighted by Crippen LogP contribution is 2.31. The van der Waals surface area contributed by atoms with Crippen LogP contribution >= 0.6 is 11.6 Å². The minimum atomic E-state index is -3.12. The highest BCUT2D eigenvalue weighted by atomic mass is 35.5. The van der Waals surface area contributed by atoms with Crippen LogP contribution in [0, 0.1) is 5.82 Å². The number of nitrogens with one attached hydrogen (secondary N) is 1. The van der Waals surface area contributed by atoms with Gasteiger partial charge in [0.05, 0.1) is 16.3 Å². The maximum atomic E-state index is 13.5. The average Bonchev–Trinajstić information content (AvgIpc) is 2.70. The second-order valence-electron chi connectivity index (χ2n) is 7.11. The van der Waals surface area contributed by atoms with Gasteiger partial charge < -0.3 is 5.32 Å². The number of aromatic nitrogens is 1. The van der Waals surface area contributed by atoms with Gasteiger partial charge in [0, 0.05) is 29.2 Å². The van der Waals surface area contributed by atoms with Crippen LogP contribution in [0.25, 0.3) is 22.0 Å². The van der Waals surface area contributed by atoms with Gasteiger partial charge in [0.1, 0.15) is 5.82 Å². The Balaban J connectivity index is 1.74. The highest BCUT2D eigenvalue weighted by molar-refractivity contribution is 7.89. The van der Waals surface area contributed by atoms with Crippen molar-refractivity contribution >= 4 is 43.7 Å². The third kappa shape index (κ3) is 4.61. The minimum Gasteiger partial charge on any atom is -0.355 e. The Morgan fingerprint density at radius 2 is 1.80 bits per heavy atom. The molecule has 152 valence electrons. The Labute approximate surface area is 179 Å². The summed E-state index contributed by atoms with van der Waals surface area (Å²) >= 11 is 5.89. The van der Waals surface area contributed by atoms with E-state index < -0.39 is 15.7 Å². The number of hydrogen-bond donors (Lipinski definition) is 1. The Morgan fingerprint density at radius 1 is 1.00 bits per heavy atom. The Hall–Kier alpha value is -2.96. The van der Waals surface area contributed by atoms with Crippen molar-refractivity contribution in [3.8, 4) is 11.1 Å². The molecule has 1 aromatic heterocycles. The first kappa shape index (κ1) is 20.3. The molecule has 0 aliphatic rings. The van der Waals surface area contributed by atoms with Crippen LogP contribution in [-0.2, 0) is 15.6 Å². The number of benzene rings is 3. The van der Waals surface area contributed by atoms with Gasteiger partial charge in [-0.1, -0.05) is 41.9 Å². The molecule has 7 heteroatoms. The van der Waals surface area contributed by atoms with Gasteiger partial charge in [-0.05, 0) is 53.1 Å². The van der Waals surface area contributed by atoms with Crippen LogP contribution in [0.4, 0.5) is 15.8 Å². The number of rotatable bonds is 5. The number of pyridine rings is 1. The lowest BCUT2D eigenvalue weighted by atomic mass is 10.0. The summed E-state index contributed by atoms with van der Waals surface area (Å²) in [6.07, 6.45) is 2.92. The van der Waals surface area contributed by atoms with Gasteiger partial charge in [-0.25, -0.2) is 12.8 Å². The van der Waals surface area contributed by atoms with E-state index >= 15 is 0 Å². The summed E-state index contributed by atoms with van der Waals surface area (Å²) < 4.78 is 36.7. The summed E-state index contributed by atoms with van der Waals surface area (Å²) in [5.41, 5.74) is 4.85. The van der Waals surface area contributed by atoms with Gasteiger partial charge in [0.15, 0.2) is 9.84 Å². The van der Waals surface area contributed by atoms with Crippen molar-refractivity contribution in [2.24, 2.45) is 0 Å². The molecule has 4 aromatic rings. The van der Waals surface area contributed by atoms with Crippen LogP contribution in [-0.4, -0.2) is 19.7 Å². The van der Waals surface area contributed by atoms with Crippen molar-refractivity contribution in [3.63, 3.8) is 0 Å².